The molecule has 0 unspecified atom stereocenters. The van der Waals surface area contributed by atoms with Crippen LogP contribution in [0.25, 0.3) is 0 Å². The first kappa shape index (κ1) is 9.40. The molecule has 0 amide bonds. The Morgan fingerprint density at radius 1 is 1.31 bits per heavy atom. The maximum absolute atomic E-state index is 2.27. The minimum atomic E-state index is 1.14. The molecule has 0 radical (unpaired) electrons. The minimum absolute atomic E-state index is 1.14. The van der Waals surface area contributed by atoms with Crippen molar-refractivity contribution in [1.29, 1.82) is 0 Å². The van der Waals surface area contributed by atoms with E-state index in [0.717, 1.165) is 6.42 Å². The second-order valence-corrected chi connectivity index (χ2v) is 5.24. The second kappa shape index (κ2) is 3.54. The summed E-state index contributed by atoms with van der Waals surface area (Å²) in [5, 5.41) is 0. The number of allylic oxidation sites excluding steroid dienone is 8. The Balaban J connectivity index is 2.38. The van der Waals surface area contributed by atoms with Crippen molar-refractivity contribution in [3.63, 3.8) is 0 Å². The second-order valence-electron chi connectivity index (χ2n) is 3.76. The van der Waals surface area contributed by atoms with Crippen LogP contribution in [0.5, 0.6) is 0 Å². The van der Waals surface area contributed by atoms with Gasteiger partial charge in [0.1, 0.15) is 0 Å². The Bertz CT molecular complexity index is 365. The van der Waals surface area contributed by atoms with Crippen LogP contribution in [0.15, 0.2) is 43.8 Å². The molecule has 0 bridgehead atoms. The first-order chi connectivity index (χ1) is 6.20. The summed E-state index contributed by atoms with van der Waals surface area (Å²) in [6.45, 7) is 4.52. The molecule has 0 atom stereocenters. The number of rotatable bonds is 1. The predicted octanol–water partition coefficient (Wildman–Crippen LogP) is 3.41. The molecule has 0 aromatic heterocycles. The van der Waals surface area contributed by atoms with E-state index in [1.807, 2.05) is 0 Å². The molecule has 1 heteroatoms. The first-order valence-corrected chi connectivity index (χ1v) is 5.90. The molecule has 13 heavy (non-hydrogen) atoms. The van der Waals surface area contributed by atoms with E-state index in [9.17, 15) is 0 Å². The summed E-state index contributed by atoms with van der Waals surface area (Å²) in [6.07, 6.45) is 9.04. The van der Waals surface area contributed by atoms with Crippen LogP contribution in [0, 0.1) is 0 Å². The van der Waals surface area contributed by atoms with Gasteiger partial charge in [0.15, 0.2) is 0 Å². The fourth-order valence-electron chi connectivity index (χ4n) is 1.99. The summed E-state index contributed by atoms with van der Waals surface area (Å²) in [7, 11) is 0. The molecule has 0 fully saturated rings. The van der Waals surface area contributed by atoms with Crippen molar-refractivity contribution in [1.82, 2.24) is 0 Å². The van der Waals surface area contributed by atoms with Crippen molar-refractivity contribution in [3.8, 4) is 0 Å². The third kappa shape index (κ3) is 1.59. The average Bonchev–Trinajstić information content (AvgIpc) is 2.63. The Labute approximate surface area is 95.0 Å². The van der Waals surface area contributed by atoms with Gasteiger partial charge in [0.25, 0.3) is 0 Å². The molecule has 0 aromatic carbocycles. The van der Waals surface area contributed by atoms with E-state index >= 15 is 0 Å². The fraction of sp³-hybridized carbons (Fsp3) is 0.333. The van der Waals surface area contributed by atoms with Gasteiger partial charge in [-0.2, -0.15) is 0 Å². The van der Waals surface area contributed by atoms with Gasteiger partial charge in [-0.25, -0.2) is 0 Å². The standard InChI is InChI=1S/C12H13.Zr/c1-9-7-8-12(10(9)2)11-5-3-4-6-11;/h3-5H,6-7H2,1-2H3;. The topological polar surface area (TPSA) is 0 Å². The van der Waals surface area contributed by atoms with Crippen molar-refractivity contribution in [2.75, 3.05) is 0 Å². The fourth-order valence-corrected chi connectivity index (χ4v) is 3.50. The van der Waals surface area contributed by atoms with E-state index in [0.29, 0.717) is 0 Å². The van der Waals surface area contributed by atoms with Gasteiger partial charge in [-0.15, -0.1) is 0 Å². The summed E-state index contributed by atoms with van der Waals surface area (Å²) in [5.41, 5.74) is 6.19. The molecular formula is C12H13Zr. The molecule has 0 spiro atoms. The van der Waals surface area contributed by atoms with Crippen LogP contribution in [0.1, 0.15) is 26.7 Å². The molecule has 2 aliphatic carbocycles. The monoisotopic (exact) mass is 247 g/mol. The maximum atomic E-state index is 2.27. The zero-order chi connectivity index (χ0) is 9.42. The van der Waals surface area contributed by atoms with E-state index < -0.39 is 0 Å². The van der Waals surface area contributed by atoms with Gasteiger partial charge < -0.3 is 0 Å². The third-order valence-electron chi connectivity index (χ3n) is 2.85. The molecule has 0 nitrogen and oxygen atoms in total. The van der Waals surface area contributed by atoms with Crippen LogP contribution in [-0.4, -0.2) is 0 Å². The molecule has 65 valence electrons. The molecule has 0 saturated heterocycles. The molecular weight excluding hydrogens is 235 g/mol. The summed E-state index contributed by atoms with van der Waals surface area (Å²) in [6, 6.07) is 0. The quantitative estimate of drug-likeness (QED) is 0.667. The normalized spacial score (nSPS) is 21.8. The van der Waals surface area contributed by atoms with Crippen LogP contribution in [0.2, 0.25) is 0 Å². The van der Waals surface area contributed by atoms with Crippen LogP contribution in [0.3, 0.4) is 0 Å². The zero-order valence-corrected chi connectivity index (χ0v) is 10.6. The summed E-state index contributed by atoms with van der Waals surface area (Å²) >= 11 is 1.58. The Morgan fingerprint density at radius 2 is 2.08 bits per heavy atom. The molecule has 0 heterocycles. The Hall–Kier alpha value is -0.157. The molecule has 2 aliphatic rings. The van der Waals surface area contributed by atoms with Crippen LogP contribution in [-0.2, 0) is 24.7 Å². The summed E-state index contributed by atoms with van der Waals surface area (Å²) in [4.78, 5) is 0. The number of hydrogen-bond acceptors (Lipinski definition) is 0. The van der Waals surface area contributed by atoms with Gasteiger partial charge in [0.2, 0.25) is 0 Å². The van der Waals surface area contributed by atoms with Crippen molar-refractivity contribution in [2.45, 2.75) is 26.7 Å². The summed E-state index contributed by atoms with van der Waals surface area (Å²) < 4.78 is 1.64. The van der Waals surface area contributed by atoms with Crippen molar-refractivity contribution < 1.29 is 24.7 Å². The SMILES string of the molecule is CC1=C(C)C(C2=CC=CC2)=[C]([Zr])C1. The van der Waals surface area contributed by atoms with Crippen LogP contribution in [0.4, 0.5) is 0 Å². The molecule has 0 N–H and O–H groups in total. The van der Waals surface area contributed by atoms with E-state index in [2.05, 4.69) is 32.1 Å². The molecule has 2 rings (SSSR count). The van der Waals surface area contributed by atoms with E-state index in [1.54, 1.807) is 39.1 Å². The van der Waals surface area contributed by atoms with E-state index in [1.165, 1.54) is 17.6 Å². The Morgan fingerprint density at radius 3 is 2.54 bits per heavy atom. The zero-order valence-electron chi connectivity index (χ0n) is 8.15. The van der Waals surface area contributed by atoms with Gasteiger partial charge in [0, 0.05) is 0 Å². The van der Waals surface area contributed by atoms with E-state index in [4.69, 9.17) is 0 Å². The van der Waals surface area contributed by atoms with Gasteiger partial charge in [-0.1, -0.05) is 0 Å². The Kier molecular flexibility index (Phi) is 2.56. The van der Waals surface area contributed by atoms with Gasteiger partial charge in [-0.05, 0) is 0 Å². The van der Waals surface area contributed by atoms with Crippen molar-refractivity contribution >= 4 is 0 Å². The third-order valence-corrected chi connectivity index (χ3v) is 3.90. The van der Waals surface area contributed by atoms with Gasteiger partial charge in [0.05, 0.1) is 0 Å². The van der Waals surface area contributed by atoms with E-state index in [-0.39, 0.29) is 0 Å². The molecule has 0 aromatic rings. The number of hydrogen-bond donors (Lipinski definition) is 0. The average molecular weight is 248 g/mol. The van der Waals surface area contributed by atoms with Crippen molar-refractivity contribution in [2.24, 2.45) is 0 Å². The van der Waals surface area contributed by atoms with Crippen LogP contribution >= 0.6 is 0 Å². The van der Waals surface area contributed by atoms with Crippen molar-refractivity contribution in [3.05, 3.63) is 43.8 Å². The predicted molar refractivity (Wildman–Crippen MR) is 51.9 cm³/mol. The van der Waals surface area contributed by atoms with Gasteiger partial charge >= 0.3 is 95.2 Å². The first-order valence-electron chi connectivity index (χ1n) is 4.67. The molecule has 0 aliphatic heterocycles. The van der Waals surface area contributed by atoms with Gasteiger partial charge in [-0.3, -0.25) is 0 Å². The molecule has 0 saturated carbocycles. The van der Waals surface area contributed by atoms with Crippen LogP contribution < -0.4 is 0 Å². The summed E-state index contributed by atoms with van der Waals surface area (Å²) in [5.74, 6) is 0.